The Labute approximate surface area is 132 Å². The van der Waals surface area contributed by atoms with Crippen LogP contribution in [0.15, 0.2) is 59.2 Å². The Kier molecular flexibility index (Phi) is 4.06. The van der Waals surface area contributed by atoms with E-state index >= 15 is 0 Å². The molecule has 0 radical (unpaired) electrons. The van der Waals surface area contributed by atoms with Gasteiger partial charge in [0.15, 0.2) is 0 Å². The van der Waals surface area contributed by atoms with E-state index in [1.54, 1.807) is 0 Å². The summed E-state index contributed by atoms with van der Waals surface area (Å²) in [5.74, 6) is 0. The van der Waals surface area contributed by atoms with E-state index in [2.05, 4.69) is 50.5 Å². The van der Waals surface area contributed by atoms with Crippen LogP contribution in [0.1, 0.15) is 5.56 Å². The zero-order valence-corrected chi connectivity index (χ0v) is 13.1. The molecular formula is C17H16BrN3. The van der Waals surface area contributed by atoms with E-state index in [1.165, 1.54) is 10.9 Å². The minimum atomic E-state index is 0.750. The Morgan fingerprint density at radius 2 is 1.95 bits per heavy atom. The molecule has 0 aliphatic carbocycles. The molecule has 106 valence electrons. The van der Waals surface area contributed by atoms with Crippen LogP contribution in [-0.2, 0) is 6.42 Å². The van der Waals surface area contributed by atoms with E-state index in [9.17, 15) is 0 Å². The minimum Gasteiger partial charge on any atom is -0.397 e. The Morgan fingerprint density at radius 1 is 1.10 bits per heavy atom. The quantitative estimate of drug-likeness (QED) is 0.698. The molecule has 2 aromatic carbocycles. The van der Waals surface area contributed by atoms with Gasteiger partial charge in [0.1, 0.15) is 0 Å². The Morgan fingerprint density at radius 3 is 2.81 bits per heavy atom. The molecule has 0 aliphatic heterocycles. The summed E-state index contributed by atoms with van der Waals surface area (Å²) in [5.41, 5.74) is 10.0. The lowest BCUT2D eigenvalue weighted by molar-refractivity contribution is 1.03. The van der Waals surface area contributed by atoms with Gasteiger partial charge in [0, 0.05) is 22.6 Å². The minimum absolute atomic E-state index is 0.750. The fourth-order valence-corrected chi connectivity index (χ4v) is 2.77. The summed E-state index contributed by atoms with van der Waals surface area (Å²) in [5, 5.41) is 4.56. The van der Waals surface area contributed by atoms with Gasteiger partial charge < -0.3 is 11.1 Å². The van der Waals surface area contributed by atoms with E-state index in [0.717, 1.165) is 34.3 Å². The number of aromatic nitrogens is 1. The van der Waals surface area contributed by atoms with Crippen molar-refractivity contribution in [2.75, 3.05) is 17.6 Å². The van der Waals surface area contributed by atoms with Gasteiger partial charge in [-0.15, -0.1) is 0 Å². The van der Waals surface area contributed by atoms with Gasteiger partial charge in [0.25, 0.3) is 0 Å². The van der Waals surface area contributed by atoms with Crippen LogP contribution in [0.3, 0.4) is 0 Å². The zero-order chi connectivity index (χ0) is 14.7. The lowest BCUT2D eigenvalue weighted by atomic mass is 10.1. The highest BCUT2D eigenvalue weighted by Crippen LogP contribution is 2.23. The third kappa shape index (κ3) is 3.16. The standard InChI is InChI=1S/C17H16BrN3/c18-14-6-7-16(15(19)11-14)20-10-8-13-4-1-3-12-5-2-9-21-17(12)13/h1-7,9,11,20H,8,10,19H2. The van der Waals surface area contributed by atoms with Crippen molar-refractivity contribution in [1.29, 1.82) is 0 Å². The van der Waals surface area contributed by atoms with Gasteiger partial charge in [0.05, 0.1) is 16.9 Å². The maximum atomic E-state index is 5.99. The number of para-hydroxylation sites is 1. The molecule has 0 bridgehead atoms. The Balaban J connectivity index is 1.72. The van der Waals surface area contributed by atoms with Crippen molar-refractivity contribution in [1.82, 2.24) is 4.98 Å². The maximum Gasteiger partial charge on any atom is 0.0734 e. The van der Waals surface area contributed by atoms with Crippen molar-refractivity contribution in [3.05, 3.63) is 64.8 Å². The predicted molar refractivity (Wildman–Crippen MR) is 92.5 cm³/mol. The molecule has 0 saturated carbocycles. The molecule has 0 spiro atoms. The monoisotopic (exact) mass is 341 g/mol. The molecule has 21 heavy (non-hydrogen) atoms. The third-order valence-electron chi connectivity index (χ3n) is 3.44. The van der Waals surface area contributed by atoms with Crippen LogP contribution in [0.2, 0.25) is 0 Å². The number of nitrogens with two attached hydrogens (primary N) is 1. The topological polar surface area (TPSA) is 50.9 Å². The van der Waals surface area contributed by atoms with Crippen LogP contribution in [0.4, 0.5) is 11.4 Å². The van der Waals surface area contributed by atoms with E-state index in [0.29, 0.717) is 0 Å². The highest BCUT2D eigenvalue weighted by molar-refractivity contribution is 9.10. The van der Waals surface area contributed by atoms with Crippen LogP contribution in [0.5, 0.6) is 0 Å². The second-order valence-corrected chi connectivity index (χ2v) is 5.82. The van der Waals surface area contributed by atoms with Gasteiger partial charge in [-0.25, -0.2) is 0 Å². The van der Waals surface area contributed by atoms with Gasteiger partial charge in [0.2, 0.25) is 0 Å². The molecule has 0 fully saturated rings. The number of nitrogens with zero attached hydrogens (tertiary/aromatic N) is 1. The first-order chi connectivity index (χ1) is 10.2. The fourth-order valence-electron chi connectivity index (χ4n) is 2.40. The third-order valence-corrected chi connectivity index (χ3v) is 3.93. The molecule has 3 N–H and O–H groups in total. The first-order valence-corrected chi connectivity index (χ1v) is 7.65. The number of fused-ring (bicyclic) bond motifs is 1. The van der Waals surface area contributed by atoms with Crippen LogP contribution in [-0.4, -0.2) is 11.5 Å². The molecular weight excluding hydrogens is 326 g/mol. The highest BCUT2D eigenvalue weighted by atomic mass is 79.9. The lowest BCUT2D eigenvalue weighted by Crippen LogP contribution is -2.07. The molecule has 1 aromatic heterocycles. The molecule has 1 heterocycles. The fraction of sp³-hybridized carbons (Fsp3) is 0.118. The first kappa shape index (κ1) is 13.9. The number of nitrogen functional groups attached to an aromatic ring is 1. The highest BCUT2D eigenvalue weighted by Gasteiger charge is 2.03. The number of rotatable bonds is 4. The van der Waals surface area contributed by atoms with E-state index < -0.39 is 0 Å². The molecule has 0 aliphatic rings. The van der Waals surface area contributed by atoms with Crippen LogP contribution >= 0.6 is 15.9 Å². The molecule has 0 amide bonds. The molecule has 0 unspecified atom stereocenters. The summed E-state index contributed by atoms with van der Waals surface area (Å²) in [6.07, 6.45) is 2.75. The molecule has 0 saturated heterocycles. The predicted octanol–water partition coefficient (Wildman–Crippen LogP) is 4.23. The Bertz CT molecular complexity index is 766. The first-order valence-electron chi connectivity index (χ1n) is 6.85. The SMILES string of the molecule is Nc1cc(Br)ccc1NCCc1cccc2cccnc12. The number of hydrogen-bond donors (Lipinski definition) is 2. The van der Waals surface area contributed by atoms with E-state index in [1.807, 2.05) is 30.5 Å². The van der Waals surface area contributed by atoms with Crippen molar-refractivity contribution in [3.8, 4) is 0 Å². The van der Waals surface area contributed by atoms with E-state index in [4.69, 9.17) is 5.73 Å². The van der Waals surface area contributed by atoms with Crippen LogP contribution in [0, 0.1) is 0 Å². The Hall–Kier alpha value is -2.07. The molecule has 4 heteroatoms. The summed E-state index contributed by atoms with van der Waals surface area (Å²) in [4.78, 5) is 4.48. The summed E-state index contributed by atoms with van der Waals surface area (Å²) in [7, 11) is 0. The van der Waals surface area contributed by atoms with Crippen molar-refractivity contribution in [2.24, 2.45) is 0 Å². The summed E-state index contributed by atoms with van der Waals surface area (Å²) in [6.45, 7) is 0.821. The maximum absolute atomic E-state index is 5.99. The largest absolute Gasteiger partial charge is 0.397 e. The van der Waals surface area contributed by atoms with Gasteiger partial charge >= 0.3 is 0 Å². The molecule has 3 aromatic rings. The average Bonchev–Trinajstić information content (AvgIpc) is 2.50. The number of halogens is 1. The van der Waals surface area contributed by atoms with E-state index in [-0.39, 0.29) is 0 Å². The van der Waals surface area contributed by atoms with Crippen molar-refractivity contribution < 1.29 is 0 Å². The average molecular weight is 342 g/mol. The van der Waals surface area contributed by atoms with Crippen molar-refractivity contribution in [2.45, 2.75) is 6.42 Å². The second kappa shape index (κ2) is 6.14. The van der Waals surface area contributed by atoms with Gasteiger partial charge in [-0.05, 0) is 36.2 Å². The van der Waals surface area contributed by atoms with Crippen molar-refractivity contribution in [3.63, 3.8) is 0 Å². The summed E-state index contributed by atoms with van der Waals surface area (Å²) >= 11 is 3.41. The molecule has 3 rings (SSSR count). The zero-order valence-electron chi connectivity index (χ0n) is 11.5. The van der Waals surface area contributed by atoms with Gasteiger partial charge in [-0.2, -0.15) is 0 Å². The molecule has 3 nitrogen and oxygen atoms in total. The molecule has 0 atom stereocenters. The van der Waals surface area contributed by atoms with Crippen LogP contribution < -0.4 is 11.1 Å². The number of benzene rings is 2. The number of anilines is 2. The number of pyridine rings is 1. The normalized spacial score (nSPS) is 10.7. The number of hydrogen-bond acceptors (Lipinski definition) is 3. The summed E-state index contributed by atoms with van der Waals surface area (Å²) in [6, 6.07) is 16.2. The van der Waals surface area contributed by atoms with Crippen LogP contribution in [0.25, 0.3) is 10.9 Å². The van der Waals surface area contributed by atoms with Crippen molar-refractivity contribution >= 4 is 38.2 Å². The smallest absolute Gasteiger partial charge is 0.0734 e. The van der Waals surface area contributed by atoms with Gasteiger partial charge in [-0.3, -0.25) is 4.98 Å². The van der Waals surface area contributed by atoms with Gasteiger partial charge in [-0.1, -0.05) is 40.2 Å². The lowest BCUT2D eigenvalue weighted by Gasteiger charge is -2.10. The summed E-state index contributed by atoms with van der Waals surface area (Å²) < 4.78 is 0.990. The second-order valence-electron chi connectivity index (χ2n) is 4.90. The number of nitrogens with one attached hydrogen (secondary N) is 1.